The molecule has 0 amide bonds. The van der Waals surface area contributed by atoms with Crippen LogP contribution in [0.15, 0.2) is 59.4 Å². The normalized spacial score (nSPS) is 11.0. The van der Waals surface area contributed by atoms with E-state index in [-0.39, 0.29) is 11.5 Å². The van der Waals surface area contributed by atoms with Crippen molar-refractivity contribution >= 4 is 17.3 Å². The van der Waals surface area contributed by atoms with Crippen molar-refractivity contribution in [1.82, 2.24) is 19.2 Å². The molecule has 7 nitrogen and oxygen atoms in total. The number of benzene rings is 2. The number of methoxy groups -OCH3 is 1. The van der Waals surface area contributed by atoms with Gasteiger partial charge in [0.25, 0.3) is 5.78 Å². The van der Waals surface area contributed by atoms with Crippen LogP contribution < -0.4 is 15.7 Å². The van der Waals surface area contributed by atoms with E-state index in [1.807, 2.05) is 31.2 Å². The number of hydrogen-bond acceptors (Lipinski definition) is 5. The largest absolute Gasteiger partial charge is 0.497 e. The zero-order chi connectivity index (χ0) is 19.7. The van der Waals surface area contributed by atoms with E-state index in [4.69, 9.17) is 4.74 Å². The van der Waals surface area contributed by atoms with Crippen molar-refractivity contribution in [1.29, 1.82) is 0 Å². The van der Waals surface area contributed by atoms with E-state index < -0.39 is 0 Å². The lowest BCUT2D eigenvalue weighted by atomic mass is 10.2. The van der Waals surface area contributed by atoms with Crippen LogP contribution in [0.1, 0.15) is 11.3 Å². The smallest absolute Gasteiger partial charge is 0.352 e. The van der Waals surface area contributed by atoms with Crippen molar-refractivity contribution in [3.05, 3.63) is 82.2 Å². The first-order valence-corrected chi connectivity index (χ1v) is 8.66. The molecule has 0 spiro atoms. The summed E-state index contributed by atoms with van der Waals surface area (Å²) in [5.41, 5.74) is 2.05. The highest BCUT2D eigenvalue weighted by atomic mass is 19.1. The Balaban J connectivity index is 1.66. The third-order valence-corrected chi connectivity index (χ3v) is 4.35. The molecule has 0 saturated carbocycles. The third kappa shape index (κ3) is 3.44. The molecule has 2 aromatic heterocycles. The quantitative estimate of drug-likeness (QED) is 0.577. The molecule has 1 N–H and O–H groups in total. The van der Waals surface area contributed by atoms with Gasteiger partial charge in [-0.2, -0.15) is 4.98 Å². The molecule has 8 heteroatoms. The molecule has 0 aliphatic carbocycles. The van der Waals surface area contributed by atoms with E-state index in [0.717, 1.165) is 11.3 Å². The number of fused-ring (bicyclic) bond motifs is 1. The van der Waals surface area contributed by atoms with Gasteiger partial charge in [0.1, 0.15) is 17.4 Å². The van der Waals surface area contributed by atoms with Crippen LogP contribution in [0.2, 0.25) is 0 Å². The summed E-state index contributed by atoms with van der Waals surface area (Å²) < 4.78 is 21.0. The molecule has 2 aromatic carbocycles. The summed E-state index contributed by atoms with van der Waals surface area (Å²) >= 11 is 0. The summed E-state index contributed by atoms with van der Waals surface area (Å²) in [6.07, 6.45) is 0. The highest BCUT2D eigenvalue weighted by Gasteiger charge is 2.12. The second-order valence-corrected chi connectivity index (χ2v) is 6.34. The van der Waals surface area contributed by atoms with Crippen molar-refractivity contribution in [3.63, 3.8) is 0 Å². The predicted molar refractivity (Wildman–Crippen MR) is 104 cm³/mol. The molecule has 142 valence electrons. The van der Waals surface area contributed by atoms with Gasteiger partial charge in [-0.15, -0.1) is 5.10 Å². The Morgan fingerprint density at radius 2 is 1.82 bits per heavy atom. The van der Waals surface area contributed by atoms with Gasteiger partial charge in [-0.3, -0.25) is 0 Å². The number of halogens is 1. The molecule has 0 radical (unpaired) electrons. The molecule has 4 rings (SSSR count). The maximum Gasteiger partial charge on any atom is 0.352 e. The predicted octanol–water partition coefficient (Wildman–Crippen LogP) is 3.14. The number of hydrogen-bond donors (Lipinski definition) is 1. The summed E-state index contributed by atoms with van der Waals surface area (Å²) in [6, 6.07) is 15.2. The Morgan fingerprint density at radius 1 is 1.11 bits per heavy atom. The zero-order valence-electron chi connectivity index (χ0n) is 15.4. The van der Waals surface area contributed by atoms with E-state index >= 15 is 0 Å². The summed E-state index contributed by atoms with van der Waals surface area (Å²) in [5.74, 6) is 1.26. The summed E-state index contributed by atoms with van der Waals surface area (Å²) in [6.45, 7) is 2.14. The Labute approximate surface area is 160 Å². The molecular weight excluding hydrogens is 361 g/mol. The van der Waals surface area contributed by atoms with Crippen LogP contribution in [0.3, 0.4) is 0 Å². The average Bonchev–Trinajstić information content (AvgIpc) is 3.00. The summed E-state index contributed by atoms with van der Waals surface area (Å²) in [4.78, 5) is 17.1. The van der Waals surface area contributed by atoms with E-state index in [2.05, 4.69) is 15.4 Å². The van der Waals surface area contributed by atoms with Crippen molar-refractivity contribution in [2.45, 2.75) is 13.5 Å². The molecular formula is C20H18FN5O2. The fraction of sp³-hybridized carbons (Fsp3) is 0.150. The highest BCUT2D eigenvalue weighted by molar-refractivity contribution is 5.58. The Hall–Kier alpha value is -3.68. The number of rotatable bonds is 5. The van der Waals surface area contributed by atoms with Gasteiger partial charge in [-0.25, -0.2) is 18.3 Å². The minimum atomic E-state index is -0.311. The van der Waals surface area contributed by atoms with Gasteiger partial charge < -0.3 is 10.1 Å². The van der Waals surface area contributed by atoms with E-state index in [1.165, 1.54) is 21.2 Å². The van der Waals surface area contributed by atoms with Gasteiger partial charge in [-0.1, -0.05) is 12.1 Å². The lowest BCUT2D eigenvalue weighted by Crippen LogP contribution is -2.22. The average molecular weight is 379 g/mol. The van der Waals surface area contributed by atoms with Gasteiger partial charge in [0.2, 0.25) is 0 Å². The number of nitrogens with one attached hydrogen (secondary N) is 1. The van der Waals surface area contributed by atoms with Gasteiger partial charge in [0, 0.05) is 17.4 Å². The second kappa shape index (κ2) is 7.15. The first-order valence-electron chi connectivity index (χ1n) is 8.66. The van der Waals surface area contributed by atoms with E-state index in [9.17, 15) is 9.18 Å². The van der Waals surface area contributed by atoms with Crippen molar-refractivity contribution < 1.29 is 9.13 Å². The maximum absolute atomic E-state index is 13.1. The Morgan fingerprint density at radius 3 is 2.50 bits per heavy atom. The van der Waals surface area contributed by atoms with Crippen molar-refractivity contribution in [3.8, 4) is 5.75 Å². The summed E-state index contributed by atoms with van der Waals surface area (Å²) in [7, 11) is 1.60. The lowest BCUT2D eigenvalue weighted by molar-refractivity contribution is 0.414. The number of aromatic nitrogens is 4. The Kier molecular flexibility index (Phi) is 4.52. The van der Waals surface area contributed by atoms with Crippen LogP contribution in [0.5, 0.6) is 5.75 Å². The molecule has 0 saturated heterocycles. The van der Waals surface area contributed by atoms with E-state index in [1.54, 1.807) is 25.3 Å². The number of nitrogens with zero attached hydrogens (tertiary/aromatic N) is 4. The SMILES string of the molecule is COc1ccc(Cn2nc3nc(Nc4ccc(F)cc4)cc(C)n3c2=O)cc1. The van der Waals surface area contributed by atoms with Gasteiger partial charge >= 0.3 is 5.69 Å². The van der Waals surface area contributed by atoms with Gasteiger partial charge in [0.05, 0.1) is 13.7 Å². The van der Waals surface area contributed by atoms with Crippen LogP contribution in [0.4, 0.5) is 15.9 Å². The fourth-order valence-corrected chi connectivity index (χ4v) is 2.93. The molecule has 0 aliphatic rings. The zero-order valence-corrected chi connectivity index (χ0v) is 15.4. The Bertz CT molecular complexity index is 1180. The van der Waals surface area contributed by atoms with Gasteiger partial charge in [-0.05, 0) is 48.9 Å². The first kappa shape index (κ1) is 17.7. The summed E-state index contributed by atoms with van der Waals surface area (Å²) in [5, 5.41) is 7.45. The number of ether oxygens (including phenoxy) is 1. The number of anilines is 2. The first-order chi connectivity index (χ1) is 13.5. The monoisotopic (exact) mass is 379 g/mol. The fourth-order valence-electron chi connectivity index (χ4n) is 2.93. The third-order valence-electron chi connectivity index (χ3n) is 4.35. The van der Waals surface area contributed by atoms with Crippen LogP contribution >= 0.6 is 0 Å². The standard InChI is InChI=1S/C20H18FN5O2/c1-13-11-18(22-16-7-5-15(21)6-8-16)23-19-24-25(20(27)26(13)19)12-14-3-9-17(28-2)10-4-14/h3-11H,12H2,1-2H3,(H,22,23,24). The minimum Gasteiger partial charge on any atom is -0.497 e. The topological polar surface area (TPSA) is 73.4 Å². The molecule has 2 heterocycles. The molecule has 0 atom stereocenters. The molecule has 28 heavy (non-hydrogen) atoms. The maximum atomic E-state index is 13.1. The van der Waals surface area contributed by atoms with Crippen LogP contribution in [0.25, 0.3) is 5.78 Å². The molecule has 0 aliphatic heterocycles. The lowest BCUT2D eigenvalue weighted by Gasteiger charge is -2.06. The van der Waals surface area contributed by atoms with Gasteiger partial charge in [0.15, 0.2) is 0 Å². The van der Waals surface area contributed by atoms with Crippen molar-refractivity contribution in [2.24, 2.45) is 0 Å². The highest BCUT2D eigenvalue weighted by Crippen LogP contribution is 2.17. The van der Waals surface area contributed by atoms with E-state index in [0.29, 0.717) is 29.5 Å². The molecule has 0 bridgehead atoms. The molecule has 0 fully saturated rings. The molecule has 0 unspecified atom stereocenters. The number of aryl methyl sites for hydroxylation is 1. The van der Waals surface area contributed by atoms with Crippen LogP contribution in [0, 0.1) is 12.7 Å². The van der Waals surface area contributed by atoms with Crippen LogP contribution in [-0.4, -0.2) is 26.3 Å². The van der Waals surface area contributed by atoms with Crippen molar-refractivity contribution in [2.75, 3.05) is 12.4 Å². The molecule has 4 aromatic rings. The minimum absolute atomic E-state index is 0.260. The van der Waals surface area contributed by atoms with Crippen LogP contribution in [-0.2, 0) is 6.54 Å². The second-order valence-electron chi connectivity index (χ2n) is 6.34.